The van der Waals surface area contributed by atoms with Crippen LogP contribution in [0.1, 0.15) is 20.8 Å². The number of carbonyl (C=O) groups is 2. The Morgan fingerprint density at radius 1 is 1.28 bits per heavy atom. The summed E-state index contributed by atoms with van der Waals surface area (Å²) in [5, 5.41) is 11.4. The van der Waals surface area contributed by atoms with Gasteiger partial charge in [-0.3, -0.25) is 9.59 Å². The quantitative estimate of drug-likeness (QED) is 0.417. The summed E-state index contributed by atoms with van der Waals surface area (Å²) in [6.45, 7) is 6.82. The Labute approximate surface area is 187 Å². The average molecular weight is 478 g/mol. The number of nitrogen functional groups attached to an aromatic ring is 1. The van der Waals surface area contributed by atoms with Crippen molar-refractivity contribution in [3.8, 4) is 0 Å². The van der Waals surface area contributed by atoms with Gasteiger partial charge >= 0.3 is 0 Å². The van der Waals surface area contributed by atoms with Gasteiger partial charge in [-0.2, -0.15) is 0 Å². The third-order valence-electron chi connectivity index (χ3n) is 3.77. The van der Waals surface area contributed by atoms with Crippen LogP contribution in [0.5, 0.6) is 0 Å². The number of aromatic nitrogens is 4. The van der Waals surface area contributed by atoms with Crippen molar-refractivity contribution in [1.29, 1.82) is 0 Å². The van der Waals surface area contributed by atoms with E-state index in [1.165, 1.54) is 28.7 Å². The molecule has 2 rings (SSSR count). The molecule has 0 aliphatic carbocycles. The van der Waals surface area contributed by atoms with Gasteiger partial charge in [0.25, 0.3) is 0 Å². The molecule has 1 atom stereocenters. The number of hydrogen-bond acceptors (Lipinski definition) is 8. The zero-order chi connectivity index (χ0) is 21.6. The summed E-state index contributed by atoms with van der Waals surface area (Å²) >= 11 is 14.1. The fraction of sp³-hybridized carbons (Fsp3) is 0.438. The monoisotopic (exact) mass is 477 g/mol. The van der Waals surface area contributed by atoms with Crippen molar-refractivity contribution in [2.45, 2.75) is 36.3 Å². The van der Waals surface area contributed by atoms with Gasteiger partial charge in [0.15, 0.2) is 5.82 Å². The zero-order valence-corrected chi connectivity index (χ0v) is 19.2. The SMILES string of the molecule is CCN(CC)C(=O)CSc1nnc(SC(C)C(=O)Nc2ncc(Cl)cc2Cl)n1N. The van der Waals surface area contributed by atoms with E-state index in [1.54, 1.807) is 11.8 Å². The summed E-state index contributed by atoms with van der Waals surface area (Å²) < 4.78 is 1.27. The van der Waals surface area contributed by atoms with Crippen LogP contribution in [0.3, 0.4) is 0 Å². The van der Waals surface area contributed by atoms with Crippen molar-refractivity contribution >= 4 is 64.4 Å². The molecule has 0 spiro atoms. The normalized spacial score (nSPS) is 11.9. The van der Waals surface area contributed by atoms with Crippen molar-refractivity contribution in [2.75, 3.05) is 30.0 Å². The van der Waals surface area contributed by atoms with E-state index in [0.717, 1.165) is 11.8 Å². The minimum Gasteiger partial charge on any atom is -0.343 e. The number of hydrogen-bond donors (Lipinski definition) is 2. The van der Waals surface area contributed by atoms with Gasteiger partial charge in [0.05, 0.1) is 21.0 Å². The van der Waals surface area contributed by atoms with Crippen LogP contribution in [0, 0.1) is 0 Å². The van der Waals surface area contributed by atoms with E-state index in [1.807, 2.05) is 13.8 Å². The lowest BCUT2D eigenvalue weighted by Crippen LogP contribution is -2.32. The lowest BCUT2D eigenvalue weighted by atomic mass is 10.4. The Kier molecular flexibility index (Phi) is 8.87. The largest absolute Gasteiger partial charge is 0.343 e. The topological polar surface area (TPSA) is 119 Å². The number of nitrogens with two attached hydrogens (primary N) is 1. The minimum absolute atomic E-state index is 0.00251. The molecule has 9 nitrogen and oxygen atoms in total. The zero-order valence-electron chi connectivity index (χ0n) is 16.1. The number of nitrogens with one attached hydrogen (secondary N) is 1. The van der Waals surface area contributed by atoms with Gasteiger partial charge in [0.1, 0.15) is 0 Å². The van der Waals surface area contributed by atoms with Crippen molar-refractivity contribution in [1.82, 2.24) is 24.8 Å². The predicted octanol–water partition coefficient (Wildman–Crippen LogP) is 2.77. The molecule has 0 saturated carbocycles. The Morgan fingerprint density at radius 3 is 2.55 bits per heavy atom. The molecule has 2 heterocycles. The molecule has 0 aromatic carbocycles. The Hall–Kier alpha value is -1.69. The first-order valence-corrected chi connectivity index (χ1v) is 11.3. The van der Waals surface area contributed by atoms with Crippen LogP contribution in [0.25, 0.3) is 0 Å². The molecule has 0 radical (unpaired) electrons. The average Bonchev–Trinajstić information content (AvgIpc) is 3.02. The first-order valence-electron chi connectivity index (χ1n) is 8.66. The summed E-state index contributed by atoms with van der Waals surface area (Å²) in [7, 11) is 0. The van der Waals surface area contributed by atoms with Gasteiger partial charge in [-0.1, -0.05) is 46.7 Å². The highest BCUT2D eigenvalue weighted by atomic mass is 35.5. The Balaban J connectivity index is 1.96. The van der Waals surface area contributed by atoms with E-state index in [2.05, 4.69) is 20.5 Å². The number of nitrogens with zero attached hydrogens (tertiary/aromatic N) is 5. The number of rotatable bonds is 9. The molecular formula is C16H21Cl2N7O2S2. The first-order chi connectivity index (χ1) is 13.8. The van der Waals surface area contributed by atoms with Crippen LogP contribution < -0.4 is 11.2 Å². The van der Waals surface area contributed by atoms with E-state index in [4.69, 9.17) is 29.0 Å². The molecule has 0 bridgehead atoms. The highest BCUT2D eigenvalue weighted by molar-refractivity contribution is 8.00. The standard InChI is InChI=1S/C16H21Cl2N7O2S2/c1-4-24(5-2)12(26)8-28-15-22-23-16(25(15)19)29-9(3)14(27)21-13-11(18)6-10(17)7-20-13/h6-7,9H,4-5,8,19H2,1-3H3,(H,20,21,27). The van der Waals surface area contributed by atoms with Crippen molar-refractivity contribution in [3.05, 3.63) is 22.3 Å². The van der Waals surface area contributed by atoms with Crippen molar-refractivity contribution in [3.63, 3.8) is 0 Å². The van der Waals surface area contributed by atoms with Gasteiger partial charge < -0.3 is 16.1 Å². The van der Waals surface area contributed by atoms with Gasteiger partial charge in [-0.05, 0) is 26.8 Å². The molecule has 2 amide bonds. The second-order valence-corrected chi connectivity index (χ2v) is 8.82. The fourth-order valence-corrected chi connectivity index (χ4v) is 4.19. The summed E-state index contributed by atoms with van der Waals surface area (Å²) in [5.74, 6) is 6.11. The van der Waals surface area contributed by atoms with Crippen molar-refractivity contribution in [2.24, 2.45) is 0 Å². The van der Waals surface area contributed by atoms with Crippen LogP contribution in [0.15, 0.2) is 22.6 Å². The lowest BCUT2D eigenvalue weighted by molar-refractivity contribution is -0.128. The smallest absolute Gasteiger partial charge is 0.238 e. The number of thioether (sulfide) groups is 2. The summed E-state index contributed by atoms with van der Waals surface area (Å²) in [6.07, 6.45) is 1.39. The summed E-state index contributed by atoms with van der Waals surface area (Å²) in [5.41, 5.74) is 0. The van der Waals surface area contributed by atoms with Crippen LogP contribution >= 0.6 is 46.7 Å². The molecule has 3 N–H and O–H groups in total. The third-order valence-corrected chi connectivity index (χ3v) is 6.25. The van der Waals surface area contributed by atoms with Crippen LogP contribution in [-0.2, 0) is 9.59 Å². The highest BCUT2D eigenvalue weighted by Gasteiger charge is 2.21. The van der Waals surface area contributed by atoms with Crippen molar-refractivity contribution < 1.29 is 9.59 Å². The molecule has 0 saturated heterocycles. The van der Waals surface area contributed by atoms with Crippen LogP contribution in [-0.4, -0.2) is 60.7 Å². The maximum Gasteiger partial charge on any atom is 0.238 e. The molecule has 158 valence electrons. The summed E-state index contributed by atoms with van der Waals surface area (Å²) in [6, 6.07) is 1.49. The van der Waals surface area contributed by atoms with E-state index >= 15 is 0 Å². The van der Waals surface area contributed by atoms with Crippen LogP contribution in [0.4, 0.5) is 5.82 Å². The molecule has 2 aromatic rings. The Bertz CT molecular complexity index is 877. The van der Waals surface area contributed by atoms with Gasteiger partial charge in [0, 0.05) is 19.3 Å². The highest BCUT2D eigenvalue weighted by Crippen LogP contribution is 2.27. The molecule has 13 heteroatoms. The maximum absolute atomic E-state index is 12.4. The molecule has 0 fully saturated rings. The molecule has 2 aromatic heterocycles. The third kappa shape index (κ3) is 6.39. The molecule has 29 heavy (non-hydrogen) atoms. The second-order valence-electron chi connectivity index (χ2n) is 5.72. The number of pyridine rings is 1. The molecule has 1 unspecified atom stereocenters. The predicted molar refractivity (Wildman–Crippen MR) is 117 cm³/mol. The Morgan fingerprint density at radius 2 is 1.93 bits per heavy atom. The van der Waals surface area contributed by atoms with Crippen LogP contribution in [0.2, 0.25) is 10.0 Å². The van der Waals surface area contributed by atoms with Gasteiger partial charge in [-0.15, -0.1) is 10.2 Å². The van der Waals surface area contributed by atoms with E-state index < -0.39 is 5.25 Å². The van der Waals surface area contributed by atoms with Gasteiger partial charge in [0.2, 0.25) is 22.1 Å². The number of anilines is 1. The van der Waals surface area contributed by atoms with E-state index in [0.29, 0.717) is 28.4 Å². The number of amides is 2. The first kappa shape index (κ1) is 23.6. The van der Waals surface area contributed by atoms with E-state index in [9.17, 15) is 9.59 Å². The number of carbonyl (C=O) groups excluding carboxylic acids is 2. The summed E-state index contributed by atoms with van der Waals surface area (Å²) in [4.78, 5) is 30.2. The lowest BCUT2D eigenvalue weighted by Gasteiger charge is -2.17. The number of halogens is 2. The maximum atomic E-state index is 12.4. The molecular weight excluding hydrogens is 457 g/mol. The fourth-order valence-electron chi connectivity index (χ4n) is 2.17. The second kappa shape index (κ2) is 10.9. The van der Waals surface area contributed by atoms with Gasteiger partial charge in [-0.25, -0.2) is 9.66 Å². The molecule has 0 aliphatic rings. The molecule has 0 aliphatic heterocycles. The van der Waals surface area contributed by atoms with E-state index in [-0.39, 0.29) is 28.4 Å². The minimum atomic E-state index is -0.551.